The largest absolute Gasteiger partial charge is 0.454 e. The summed E-state index contributed by atoms with van der Waals surface area (Å²) < 4.78 is 45.3. The van der Waals surface area contributed by atoms with Gasteiger partial charge in [0, 0.05) is 12.7 Å². The van der Waals surface area contributed by atoms with E-state index in [1.165, 1.54) is 7.11 Å². The number of nitrogens with one attached hydrogen (secondary N) is 2. The second-order valence-corrected chi connectivity index (χ2v) is 10.7. The van der Waals surface area contributed by atoms with Crippen LogP contribution in [0, 0.1) is 0 Å². The SMILES string of the molecule is CO[C@H]1O[C@H]2CO[C@H](c3ccccc3)O[C@H]2[C@@H](OC(=O)CNC(=O)OCc2ccccc2)[C@H]1OC(=O)CNC(=O)OCc1ccccc1. The van der Waals surface area contributed by atoms with Gasteiger partial charge in [0.25, 0.3) is 0 Å². The molecule has 0 aliphatic carbocycles. The van der Waals surface area contributed by atoms with Gasteiger partial charge in [0.1, 0.15) is 38.5 Å². The smallest absolute Gasteiger partial charge is 0.407 e. The molecule has 2 N–H and O–H groups in total. The average Bonchev–Trinajstić information content (AvgIpc) is 3.13. The molecule has 2 saturated heterocycles. The second kappa shape index (κ2) is 17.2. The Bertz CT molecular complexity index is 1490. The lowest BCUT2D eigenvalue weighted by molar-refractivity contribution is -0.359. The Hall–Kier alpha value is -5.02. The van der Waals surface area contributed by atoms with Gasteiger partial charge in [-0.25, -0.2) is 9.59 Å². The van der Waals surface area contributed by atoms with Gasteiger partial charge in [0.05, 0.1) is 6.61 Å². The average molecular weight is 665 g/mol. The van der Waals surface area contributed by atoms with Crippen LogP contribution in [0.5, 0.6) is 0 Å². The van der Waals surface area contributed by atoms with Crippen molar-refractivity contribution < 1.29 is 57.1 Å². The highest BCUT2D eigenvalue weighted by atomic mass is 16.8. The number of hydrogen-bond acceptors (Lipinski definition) is 12. The molecule has 2 fully saturated rings. The molecule has 0 unspecified atom stereocenters. The topological polar surface area (TPSA) is 166 Å². The fraction of sp³-hybridized carbons (Fsp3) is 0.353. The number of rotatable bonds is 12. The van der Waals surface area contributed by atoms with Gasteiger partial charge in [-0.15, -0.1) is 0 Å². The van der Waals surface area contributed by atoms with Gasteiger partial charge >= 0.3 is 24.1 Å². The highest BCUT2D eigenvalue weighted by molar-refractivity contribution is 5.79. The van der Waals surface area contributed by atoms with Gasteiger partial charge in [-0.1, -0.05) is 91.0 Å². The number of amides is 2. The molecule has 2 amide bonds. The lowest BCUT2D eigenvalue weighted by Crippen LogP contribution is -2.64. The Kier molecular flexibility index (Phi) is 12.3. The van der Waals surface area contributed by atoms with Gasteiger partial charge in [0.15, 0.2) is 24.8 Å². The van der Waals surface area contributed by atoms with Crippen molar-refractivity contribution in [2.24, 2.45) is 0 Å². The first kappa shape index (κ1) is 34.3. The van der Waals surface area contributed by atoms with E-state index in [0.717, 1.165) is 11.1 Å². The van der Waals surface area contributed by atoms with E-state index in [-0.39, 0.29) is 19.8 Å². The van der Waals surface area contributed by atoms with E-state index < -0.39 is 74.2 Å². The molecule has 254 valence electrons. The van der Waals surface area contributed by atoms with Crippen LogP contribution >= 0.6 is 0 Å². The molecule has 2 heterocycles. The van der Waals surface area contributed by atoms with E-state index in [1.54, 1.807) is 60.7 Å². The van der Waals surface area contributed by atoms with E-state index in [9.17, 15) is 19.2 Å². The van der Waals surface area contributed by atoms with Crippen molar-refractivity contribution in [2.75, 3.05) is 26.8 Å². The molecule has 48 heavy (non-hydrogen) atoms. The van der Waals surface area contributed by atoms with Crippen LogP contribution < -0.4 is 10.6 Å². The molecule has 6 atom stereocenters. The number of carbonyl (C=O) groups excluding carboxylic acids is 4. The van der Waals surface area contributed by atoms with Gasteiger partial charge in [-0.2, -0.15) is 0 Å². The number of fused-ring (bicyclic) bond motifs is 1. The van der Waals surface area contributed by atoms with E-state index in [2.05, 4.69) is 10.6 Å². The fourth-order valence-electron chi connectivity index (χ4n) is 5.00. The number of benzene rings is 3. The van der Waals surface area contributed by atoms with Crippen molar-refractivity contribution in [3.05, 3.63) is 108 Å². The first-order chi connectivity index (χ1) is 23.4. The molecular formula is C34H36N2O12. The van der Waals surface area contributed by atoms with Gasteiger partial charge in [-0.3, -0.25) is 9.59 Å². The van der Waals surface area contributed by atoms with Crippen molar-refractivity contribution in [3.8, 4) is 0 Å². The third-order valence-corrected chi connectivity index (χ3v) is 7.30. The maximum absolute atomic E-state index is 13.1. The van der Waals surface area contributed by atoms with Crippen molar-refractivity contribution in [1.82, 2.24) is 10.6 Å². The first-order valence-electron chi connectivity index (χ1n) is 15.2. The Labute approximate surface area is 276 Å². The van der Waals surface area contributed by atoms with Gasteiger partial charge in [0.2, 0.25) is 0 Å². The van der Waals surface area contributed by atoms with Crippen LogP contribution in [0.2, 0.25) is 0 Å². The van der Waals surface area contributed by atoms with E-state index in [0.29, 0.717) is 5.56 Å². The number of ether oxygens (including phenoxy) is 8. The normalized spacial score (nSPS) is 23.1. The third kappa shape index (κ3) is 9.75. The zero-order valence-corrected chi connectivity index (χ0v) is 26.1. The van der Waals surface area contributed by atoms with Crippen LogP contribution in [0.4, 0.5) is 9.59 Å². The Morgan fingerprint density at radius 2 is 1.19 bits per heavy atom. The maximum Gasteiger partial charge on any atom is 0.407 e. The number of alkyl carbamates (subject to hydrolysis) is 2. The quantitative estimate of drug-likeness (QED) is 0.215. The zero-order valence-electron chi connectivity index (χ0n) is 26.1. The molecular weight excluding hydrogens is 628 g/mol. The van der Waals surface area contributed by atoms with Gasteiger partial charge < -0.3 is 48.5 Å². The number of carbonyl (C=O) groups is 4. The molecule has 14 heteroatoms. The summed E-state index contributed by atoms with van der Waals surface area (Å²) >= 11 is 0. The standard InChI is InChI=1S/C34H36N2O12/c1-41-32-30(47-27(38)18-36-34(40)44-20-23-13-7-3-8-14-23)29(28-25(45-32)21-42-31(48-28)24-15-9-4-10-16-24)46-26(37)17-35-33(39)43-19-22-11-5-2-6-12-22/h2-16,25,28-32H,17-21H2,1H3,(H,35,39)(H,36,40)/t25-,28+,29+,30+,31-,32-/m0/s1. The fourth-order valence-corrected chi connectivity index (χ4v) is 5.00. The second-order valence-electron chi connectivity index (χ2n) is 10.7. The molecule has 0 radical (unpaired) electrons. The maximum atomic E-state index is 13.1. The van der Waals surface area contributed by atoms with Crippen molar-refractivity contribution in [1.29, 1.82) is 0 Å². The summed E-state index contributed by atoms with van der Waals surface area (Å²) in [4.78, 5) is 50.5. The van der Waals surface area contributed by atoms with Crippen LogP contribution in [0.1, 0.15) is 23.0 Å². The molecule has 0 spiro atoms. The van der Waals surface area contributed by atoms with Crippen LogP contribution in [0.25, 0.3) is 0 Å². The van der Waals surface area contributed by atoms with Crippen LogP contribution in [0.15, 0.2) is 91.0 Å². The van der Waals surface area contributed by atoms with Gasteiger partial charge in [-0.05, 0) is 11.1 Å². The molecule has 0 bridgehead atoms. The number of esters is 2. The lowest BCUT2D eigenvalue weighted by atomic mass is 9.97. The summed E-state index contributed by atoms with van der Waals surface area (Å²) in [5, 5.41) is 4.69. The number of methoxy groups -OCH3 is 1. The van der Waals surface area contributed by atoms with Crippen LogP contribution in [-0.2, 0) is 60.7 Å². The minimum Gasteiger partial charge on any atom is -0.454 e. The predicted octanol–water partition coefficient (Wildman–Crippen LogP) is 3.15. The van der Waals surface area contributed by atoms with Crippen molar-refractivity contribution in [2.45, 2.75) is 50.2 Å². The molecule has 2 aliphatic rings. The monoisotopic (exact) mass is 664 g/mol. The molecule has 0 saturated carbocycles. The summed E-state index contributed by atoms with van der Waals surface area (Å²) in [6.07, 6.45) is -8.10. The summed E-state index contributed by atoms with van der Waals surface area (Å²) in [5.41, 5.74) is 2.23. The zero-order chi connectivity index (χ0) is 33.7. The Balaban J connectivity index is 1.23. The molecule has 2 aliphatic heterocycles. The highest BCUT2D eigenvalue weighted by Gasteiger charge is 2.54. The van der Waals surface area contributed by atoms with Crippen LogP contribution in [0.3, 0.4) is 0 Å². The van der Waals surface area contributed by atoms with E-state index in [4.69, 9.17) is 37.9 Å². The molecule has 14 nitrogen and oxygen atoms in total. The van der Waals surface area contributed by atoms with Crippen LogP contribution in [-0.4, -0.2) is 81.6 Å². The van der Waals surface area contributed by atoms with E-state index in [1.807, 2.05) is 30.3 Å². The predicted molar refractivity (Wildman–Crippen MR) is 165 cm³/mol. The molecule has 0 aromatic heterocycles. The molecule has 3 aromatic rings. The molecule has 5 rings (SSSR count). The summed E-state index contributed by atoms with van der Waals surface area (Å²) in [6.45, 7) is -1.09. The number of hydrogen-bond donors (Lipinski definition) is 2. The minimum absolute atomic E-state index is 0.000847. The Morgan fingerprint density at radius 1 is 0.688 bits per heavy atom. The Morgan fingerprint density at radius 3 is 1.71 bits per heavy atom. The van der Waals surface area contributed by atoms with Crippen molar-refractivity contribution in [3.63, 3.8) is 0 Å². The highest BCUT2D eigenvalue weighted by Crippen LogP contribution is 2.36. The minimum atomic E-state index is -1.34. The lowest BCUT2D eigenvalue weighted by Gasteiger charge is -2.47. The summed E-state index contributed by atoms with van der Waals surface area (Å²) in [5.74, 6) is -1.77. The summed E-state index contributed by atoms with van der Waals surface area (Å²) in [7, 11) is 1.32. The van der Waals surface area contributed by atoms with E-state index >= 15 is 0 Å². The first-order valence-corrected chi connectivity index (χ1v) is 15.2. The summed E-state index contributed by atoms with van der Waals surface area (Å²) in [6, 6.07) is 27.1. The molecule has 3 aromatic carbocycles. The third-order valence-electron chi connectivity index (χ3n) is 7.30. The van der Waals surface area contributed by atoms with Crippen molar-refractivity contribution >= 4 is 24.1 Å².